The lowest BCUT2D eigenvalue weighted by atomic mass is 9.94. The lowest BCUT2D eigenvalue weighted by Gasteiger charge is -2.34. The van der Waals surface area contributed by atoms with Gasteiger partial charge in [-0.1, -0.05) is 0 Å². The van der Waals surface area contributed by atoms with Crippen LogP contribution in [0, 0.1) is 5.92 Å². The van der Waals surface area contributed by atoms with Gasteiger partial charge in [-0.2, -0.15) is 0 Å². The van der Waals surface area contributed by atoms with Gasteiger partial charge < -0.3 is 4.90 Å². The molecule has 0 aromatic carbocycles. The first-order chi connectivity index (χ1) is 7.73. The highest BCUT2D eigenvalue weighted by Crippen LogP contribution is 2.24. The Kier molecular flexibility index (Phi) is 4.84. The molecular formula is C11H20ClNO3S. The number of piperidine rings is 1. The summed E-state index contributed by atoms with van der Waals surface area (Å²) in [6, 6.07) is 0. The highest BCUT2D eigenvalue weighted by Gasteiger charge is 2.31. The van der Waals surface area contributed by atoms with Crippen LogP contribution in [0.2, 0.25) is 0 Å². The van der Waals surface area contributed by atoms with Crippen LogP contribution in [0.1, 0.15) is 26.7 Å². The molecule has 1 saturated heterocycles. The van der Waals surface area contributed by atoms with Crippen LogP contribution in [-0.4, -0.2) is 49.2 Å². The number of sulfone groups is 1. The van der Waals surface area contributed by atoms with Gasteiger partial charge in [-0.05, 0) is 32.6 Å². The lowest BCUT2D eigenvalue weighted by molar-refractivity contribution is -0.131. The summed E-state index contributed by atoms with van der Waals surface area (Å²) < 4.78 is 22.6. The first kappa shape index (κ1) is 14.8. The van der Waals surface area contributed by atoms with Crippen LogP contribution in [0.5, 0.6) is 0 Å². The van der Waals surface area contributed by atoms with E-state index in [0.717, 1.165) is 19.1 Å². The van der Waals surface area contributed by atoms with Gasteiger partial charge in [0.05, 0.1) is 0 Å². The molecule has 0 saturated carbocycles. The molecule has 0 radical (unpaired) electrons. The molecule has 2 unspecified atom stereocenters. The van der Waals surface area contributed by atoms with Gasteiger partial charge in [0.2, 0.25) is 5.91 Å². The maximum Gasteiger partial charge on any atom is 0.240 e. The van der Waals surface area contributed by atoms with Crippen LogP contribution in [0.25, 0.3) is 0 Å². The molecule has 1 amide bonds. The molecule has 2 atom stereocenters. The highest BCUT2D eigenvalue weighted by molar-refractivity contribution is 7.92. The number of carbonyl (C=O) groups is 1. The molecule has 4 nitrogen and oxygen atoms in total. The van der Waals surface area contributed by atoms with E-state index in [1.807, 2.05) is 6.92 Å². The monoisotopic (exact) mass is 281 g/mol. The number of carbonyl (C=O) groups excluding carboxylic acids is 1. The Bertz CT molecular complexity index is 372. The van der Waals surface area contributed by atoms with Gasteiger partial charge in [-0.3, -0.25) is 4.79 Å². The Morgan fingerprint density at radius 1 is 1.29 bits per heavy atom. The number of rotatable bonds is 3. The number of hydrogen-bond donors (Lipinski definition) is 0. The van der Waals surface area contributed by atoms with Crippen molar-refractivity contribution in [2.24, 2.45) is 5.92 Å². The zero-order chi connectivity index (χ0) is 13.2. The van der Waals surface area contributed by atoms with E-state index in [9.17, 15) is 13.2 Å². The van der Waals surface area contributed by atoms with Gasteiger partial charge in [0, 0.05) is 24.7 Å². The molecule has 0 aliphatic carbocycles. The third-order valence-corrected chi connectivity index (χ3v) is 5.33. The fourth-order valence-corrected chi connectivity index (χ4v) is 2.79. The van der Waals surface area contributed by atoms with E-state index in [-0.39, 0.29) is 11.3 Å². The molecule has 0 N–H and O–H groups in total. The lowest BCUT2D eigenvalue weighted by Crippen LogP contribution is -2.46. The van der Waals surface area contributed by atoms with Crippen LogP contribution in [0.3, 0.4) is 0 Å². The molecule has 0 bridgehead atoms. The molecule has 17 heavy (non-hydrogen) atoms. The fraction of sp³-hybridized carbons (Fsp3) is 0.909. The van der Waals surface area contributed by atoms with Crippen molar-refractivity contribution in [3.63, 3.8) is 0 Å². The van der Waals surface area contributed by atoms with Crippen LogP contribution in [0.15, 0.2) is 0 Å². The van der Waals surface area contributed by atoms with Gasteiger partial charge in [-0.25, -0.2) is 8.42 Å². The van der Waals surface area contributed by atoms with E-state index in [4.69, 9.17) is 11.6 Å². The Hall–Kier alpha value is -0.290. The molecule has 100 valence electrons. The summed E-state index contributed by atoms with van der Waals surface area (Å²) in [6.07, 6.45) is 2.81. The first-order valence-corrected chi connectivity index (χ1v) is 8.24. The summed E-state index contributed by atoms with van der Waals surface area (Å²) in [5.74, 6) is 0.141. The van der Waals surface area contributed by atoms with Crippen LogP contribution >= 0.6 is 11.6 Å². The topological polar surface area (TPSA) is 54.5 Å². The summed E-state index contributed by atoms with van der Waals surface area (Å²) in [6.45, 7) is 4.64. The van der Waals surface area contributed by atoms with Crippen LogP contribution in [0.4, 0.5) is 0 Å². The average Bonchev–Trinajstić information content (AvgIpc) is 2.26. The minimum atomic E-state index is -3.30. The van der Waals surface area contributed by atoms with Gasteiger partial charge in [0.25, 0.3) is 0 Å². The predicted octanol–water partition coefficient (Wildman–Crippen LogP) is 1.29. The summed E-state index contributed by atoms with van der Waals surface area (Å²) in [5, 5.41) is -0.827. The molecule has 0 spiro atoms. The number of hydrogen-bond acceptors (Lipinski definition) is 3. The number of amides is 1. The summed E-state index contributed by atoms with van der Waals surface area (Å²) in [7, 11) is -3.30. The molecule has 1 aliphatic heterocycles. The van der Waals surface area contributed by atoms with Crippen molar-refractivity contribution in [3.8, 4) is 0 Å². The van der Waals surface area contributed by atoms with Gasteiger partial charge >= 0.3 is 0 Å². The molecule has 1 rings (SSSR count). The maximum atomic E-state index is 11.9. The SMILES string of the molecule is CC(Cl)C1CCN(C(=O)C(C)S(C)(=O)=O)CC1. The number of nitrogens with zero attached hydrogens (tertiary/aromatic N) is 1. The Balaban J connectivity index is 2.58. The zero-order valence-corrected chi connectivity index (χ0v) is 12.1. The molecule has 1 aliphatic rings. The second-order valence-corrected chi connectivity index (χ2v) is 7.87. The van der Waals surface area contributed by atoms with Gasteiger partial charge in [0.1, 0.15) is 5.25 Å². The third kappa shape index (κ3) is 3.85. The Labute approximate surface area is 108 Å². The highest BCUT2D eigenvalue weighted by atomic mass is 35.5. The second-order valence-electron chi connectivity index (χ2n) is 4.81. The van der Waals surface area contributed by atoms with E-state index >= 15 is 0 Å². The summed E-state index contributed by atoms with van der Waals surface area (Å²) in [4.78, 5) is 13.6. The Morgan fingerprint density at radius 2 is 1.76 bits per heavy atom. The van der Waals surface area contributed by atoms with E-state index in [1.54, 1.807) is 4.90 Å². The fourth-order valence-electron chi connectivity index (χ4n) is 2.02. The normalized spacial score (nSPS) is 22.2. The predicted molar refractivity (Wildman–Crippen MR) is 68.9 cm³/mol. The van der Waals surface area contributed by atoms with E-state index in [1.165, 1.54) is 6.92 Å². The number of alkyl halides is 1. The zero-order valence-electron chi connectivity index (χ0n) is 10.5. The van der Waals surface area contributed by atoms with Crippen LogP contribution < -0.4 is 0 Å². The first-order valence-electron chi connectivity index (χ1n) is 5.85. The maximum absolute atomic E-state index is 11.9. The molecule has 6 heteroatoms. The Morgan fingerprint density at radius 3 is 2.12 bits per heavy atom. The number of likely N-dealkylation sites (tertiary alicyclic amines) is 1. The van der Waals surface area contributed by atoms with E-state index in [0.29, 0.717) is 19.0 Å². The molecule has 1 fully saturated rings. The van der Waals surface area contributed by atoms with E-state index in [2.05, 4.69) is 0 Å². The molecule has 0 aromatic rings. The quantitative estimate of drug-likeness (QED) is 0.733. The second kappa shape index (κ2) is 5.57. The van der Waals surface area contributed by atoms with Crippen molar-refractivity contribution < 1.29 is 13.2 Å². The smallest absolute Gasteiger partial charge is 0.240 e. The van der Waals surface area contributed by atoms with E-state index < -0.39 is 15.1 Å². The summed E-state index contributed by atoms with van der Waals surface area (Å²) >= 11 is 6.02. The van der Waals surface area contributed by atoms with Gasteiger partial charge in [-0.15, -0.1) is 11.6 Å². The van der Waals surface area contributed by atoms with Gasteiger partial charge in [0.15, 0.2) is 9.84 Å². The standard InChI is InChI=1S/C11H20ClNO3S/c1-8(12)10-4-6-13(7-5-10)11(14)9(2)17(3,15)16/h8-10H,4-7H2,1-3H3. The molecular weight excluding hydrogens is 262 g/mol. The van der Waals surface area contributed by atoms with Crippen molar-refractivity contribution in [1.82, 2.24) is 4.90 Å². The summed E-state index contributed by atoms with van der Waals surface area (Å²) in [5.41, 5.74) is 0. The third-order valence-electron chi connectivity index (χ3n) is 3.49. The van der Waals surface area contributed by atoms with Crippen LogP contribution in [-0.2, 0) is 14.6 Å². The van der Waals surface area contributed by atoms with Crippen molar-refractivity contribution >= 4 is 27.3 Å². The average molecular weight is 282 g/mol. The van der Waals surface area contributed by atoms with Crippen molar-refractivity contribution in [2.45, 2.75) is 37.3 Å². The largest absolute Gasteiger partial charge is 0.342 e. The van der Waals surface area contributed by atoms with Crippen molar-refractivity contribution in [2.75, 3.05) is 19.3 Å². The van der Waals surface area contributed by atoms with Crippen molar-refractivity contribution in [1.29, 1.82) is 0 Å². The molecule has 1 heterocycles. The minimum absolute atomic E-state index is 0.111. The minimum Gasteiger partial charge on any atom is -0.342 e. The van der Waals surface area contributed by atoms with Crippen molar-refractivity contribution in [3.05, 3.63) is 0 Å². The molecule has 0 aromatic heterocycles. The number of halogens is 1.